The minimum atomic E-state index is -0.401. The molecule has 2 aliphatic heterocycles. The van der Waals surface area contributed by atoms with Gasteiger partial charge in [0, 0.05) is 16.8 Å². The lowest BCUT2D eigenvalue weighted by Gasteiger charge is -2.34. The highest BCUT2D eigenvalue weighted by molar-refractivity contribution is 8.01. The number of carbonyl (C=O) groups is 2. The Hall–Kier alpha value is -0.750. The Kier molecular flexibility index (Phi) is 5.67. The van der Waals surface area contributed by atoms with Crippen LogP contribution in [0.1, 0.15) is 60.8 Å². The van der Waals surface area contributed by atoms with Gasteiger partial charge in [-0.2, -0.15) is 0 Å². The van der Waals surface area contributed by atoms with E-state index in [0.29, 0.717) is 0 Å². The lowest BCUT2D eigenvalue weighted by molar-refractivity contribution is -0.142. The number of nitrogens with one attached hydrogen (secondary N) is 2. The highest BCUT2D eigenvalue weighted by Crippen LogP contribution is 2.47. The first-order chi connectivity index (χ1) is 10.6. The molecular weight excluding hydrogens is 310 g/mol. The van der Waals surface area contributed by atoms with Crippen molar-refractivity contribution in [2.24, 2.45) is 0 Å². The second-order valence-electron chi connectivity index (χ2n) is 7.79. The Morgan fingerprint density at radius 1 is 1.22 bits per heavy atom. The van der Waals surface area contributed by atoms with Crippen LogP contribution in [0.15, 0.2) is 0 Å². The Labute approximate surface area is 144 Å². The fraction of sp³-hybridized carbons (Fsp3) is 0.882. The maximum absolute atomic E-state index is 13.1. The number of amides is 2. The molecule has 0 radical (unpaired) electrons. The maximum atomic E-state index is 13.1. The number of nitrogens with zero attached hydrogens (tertiary/aromatic N) is 1. The predicted octanol–water partition coefficient (Wildman–Crippen LogP) is 2.11. The molecule has 2 saturated heterocycles. The third-order valence-electron chi connectivity index (χ3n) is 4.40. The van der Waals surface area contributed by atoms with E-state index < -0.39 is 6.04 Å². The van der Waals surface area contributed by atoms with Crippen LogP contribution in [0.5, 0.6) is 0 Å². The molecule has 0 aromatic heterocycles. The van der Waals surface area contributed by atoms with Crippen LogP contribution in [0.2, 0.25) is 0 Å². The largest absolute Gasteiger partial charge is 0.352 e. The van der Waals surface area contributed by atoms with Gasteiger partial charge in [-0.15, -0.1) is 11.8 Å². The van der Waals surface area contributed by atoms with Crippen molar-refractivity contribution >= 4 is 23.6 Å². The summed E-state index contributed by atoms with van der Waals surface area (Å²) in [5, 5.41) is 6.49. The van der Waals surface area contributed by atoms with E-state index in [2.05, 4.69) is 38.3 Å². The monoisotopic (exact) mass is 341 g/mol. The molecule has 2 amide bonds. The third-order valence-corrected chi connectivity index (χ3v) is 5.96. The molecule has 0 aromatic rings. The molecule has 0 aromatic carbocycles. The van der Waals surface area contributed by atoms with Gasteiger partial charge in [-0.3, -0.25) is 9.59 Å². The minimum Gasteiger partial charge on any atom is -0.352 e. The standard InChI is InChI=1S/C17H31N3O2S/c1-10(2)18-12-8-7-9-13-20(16(12)22)14(17(5,6)23-13)15(21)19-11(3)4/h10-14,18H,7-9H2,1-6H3,(H,19,21)/t12-,13-,14-/m1/s1. The van der Waals surface area contributed by atoms with E-state index in [1.807, 2.05) is 18.7 Å². The first-order valence-electron chi connectivity index (χ1n) is 8.70. The smallest absolute Gasteiger partial charge is 0.244 e. The summed E-state index contributed by atoms with van der Waals surface area (Å²) in [5.41, 5.74) is 0. The lowest BCUT2D eigenvalue weighted by Crippen LogP contribution is -2.58. The summed E-state index contributed by atoms with van der Waals surface area (Å²) in [5.74, 6) is 0.0572. The second kappa shape index (κ2) is 7.01. The van der Waals surface area contributed by atoms with Gasteiger partial charge in [0.05, 0.1) is 11.4 Å². The van der Waals surface area contributed by atoms with E-state index in [0.717, 1.165) is 19.3 Å². The van der Waals surface area contributed by atoms with Crippen LogP contribution < -0.4 is 10.6 Å². The van der Waals surface area contributed by atoms with Gasteiger partial charge in [0.25, 0.3) is 0 Å². The maximum Gasteiger partial charge on any atom is 0.244 e. The number of hydrogen-bond donors (Lipinski definition) is 2. The van der Waals surface area contributed by atoms with Gasteiger partial charge < -0.3 is 15.5 Å². The van der Waals surface area contributed by atoms with E-state index in [-0.39, 0.29) is 40.1 Å². The molecule has 23 heavy (non-hydrogen) atoms. The van der Waals surface area contributed by atoms with Crippen LogP contribution >= 0.6 is 11.8 Å². The van der Waals surface area contributed by atoms with Crippen molar-refractivity contribution in [3.05, 3.63) is 0 Å². The van der Waals surface area contributed by atoms with E-state index in [1.165, 1.54) is 0 Å². The molecule has 0 saturated carbocycles. The van der Waals surface area contributed by atoms with Crippen LogP contribution in [0, 0.1) is 0 Å². The van der Waals surface area contributed by atoms with Gasteiger partial charge in [0.2, 0.25) is 11.8 Å². The van der Waals surface area contributed by atoms with Crippen molar-refractivity contribution in [1.29, 1.82) is 0 Å². The molecule has 3 atom stereocenters. The molecular formula is C17H31N3O2S. The Bertz CT molecular complexity index is 465. The van der Waals surface area contributed by atoms with Crippen molar-refractivity contribution in [3.8, 4) is 0 Å². The summed E-state index contributed by atoms with van der Waals surface area (Å²) in [6.45, 7) is 12.2. The molecule has 132 valence electrons. The van der Waals surface area contributed by atoms with Crippen molar-refractivity contribution in [2.45, 2.75) is 95.1 Å². The molecule has 2 aliphatic rings. The first-order valence-corrected chi connectivity index (χ1v) is 9.58. The second-order valence-corrected chi connectivity index (χ2v) is 9.62. The van der Waals surface area contributed by atoms with Crippen LogP contribution in [-0.2, 0) is 9.59 Å². The number of carbonyl (C=O) groups excluding carboxylic acids is 2. The number of rotatable bonds is 4. The van der Waals surface area contributed by atoms with E-state index in [9.17, 15) is 9.59 Å². The summed E-state index contributed by atoms with van der Waals surface area (Å²) in [6.07, 6.45) is 2.82. The number of hydrogen-bond acceptors (Lipinski definition) is 4. The molecule has 2 N–H and O–H groups in total. The molecule has 2 rings (SSSR count). The fourth-order valence-electron chi connectivity index (χ4n) is 3.60. The summed E-state index contributed by atoms with van der Waals surface area (Å²) in [4.78, 5) is 27.8. The van der Waals surface area contributed by atoms with Crippen LogP contribution in [-0.4, -0.2) is 51.0 Å². The Morgan fingerprint density at radius 3 is 2.43 bits per heavy atom. The molecule has 6 heteroatoms. The molecule has 2 fully saturated rings. The number of fused-ring (bicyclic) bond motifs is 1. The number of thioether (sulfide) groups is 1. The molecule has 0 bridgehead atoms. The van der Waals surface area contributed by atoms with Gasteiger partial charge in [0.15, 0.2) is 0 Å². The molecule has 0 aliphatic carbocycles. The topological polar surface area (TPSA) is 61.4 Å². The Balaban J connectivity index is 2.29. The van der Waals surface area contributed by atoms with Gasteiger partial charge in [-0.1, -0.05) is 13.8 Å². The van der Waals surface area contributed by atoms with Crippen molar-refractivity contribution in [2.75, 3.05) is 0 Å². The molecule has 0 unspecified atom stereocenters. The summed E-state index contributed by atoms with van der Waals surface area (Å²) in [6, 6.07) is -0.244. The minimum absolute atomic E-state index is 0.0291. The zero-order valence-corrected chi connectivity index (χ0v) is 16.0. The zero-order chi connectivity index (χ0) is 17.4. The zero-order valence-electron chi connectivity index (χ0n) is 15.2. The van der Waals surface area contributed by atoms with Crippen LogP contribution in [0.4, 0.5) is 0 Å². The quantitative estimate of drug-likeness (QED) is 0.822. The average Bonchev–Trinajstić information content (AvgIpc) is 2.58. The molecule has 0 spiro atoms. The summed E-state index contributed by atoms with van der Waals surface area (Å²) in [7, 11) is 0. The summed E-state index contributed by atoms with van der Waals surface area (Å²) < 4.78 is -0.265. The fourth-order valence-corrected chi connectivity index (χ4v) is 5.28. The normalized spacial score (nSPS) is 30.5. The first kappa shape index (κ1) is 18.6. The third kappa shape index (κ3) is 4.02. The van der Waals surface area contributed by atoms with E-state index in [1.54, 1.807) is 11.8 Å². The van der Waals surface area contributed by atoms with E-state index >= 15 is 0 Å². The van der Waals surface area contributed by atoms with Crippen LogP contribution in [0.25, 0.3) is 0 Å². The molecule has 2 heterocycles. The van der Waals surface area contributed by atoms with Gasteiger partial charge in [-0.25, -0.2) is 0 Å². The lowest BCUT2D eigenvalue weighted by atomic mass is 9.99. The Morgan fingerprint density at radius 2 is 1.87 bits per heavy atom. The van der Waals surface area contributed by atoms with Gasteiger partial charge >= 0.3 is 0 Å². The van der Waals surface area contributed by atoms with Crippen molar-refractivity contribution < 1.29 is 9.59 Å². The highest BCUT2D eigenvalue weighted by atomic mass is 32.2. The SMILES string of the molecule is CC(C)NC(=O)[C@H]1N2C(=O)[C@H](NC(C)C)CCC[C@H]2SC1(C)C. The van der Waals surface area contributed by atoms with Crippen molar-refractivity contribution in [3.63, 3.8) is 0 Å². The summed E-state index contributed by atoms with van der Waals surface area (Å²) >= 11 is 1.77. The highest BCUT2D eigenvalue weighted by Gasteiger charge is 2.54. The van der Waals surface area contributed by atoms with Crippen molar-refractivity contribution in [1.82, 2.24) is 15.5 Å². The van der Waals surface area contributed by atoms with Gasteiger partial charge in [0.1, 0.15) is 6.04 Å². The average molecular weight is 342 g/mol. The predicted molar refractivity (Wildman–Crippen MR) is 95.3 cm³/mol. The molecule has 5 nitrogen and oxygen atoms in total. The van der Waals surface area contributed by atoms with Gasteiger partial charge in [-0.05, 0) is 47.0 Å². The van der Waals surface area contributed by atoms with Crippen LogP contribution in [0.3, 0.4) is 0 Å². The van der Waals surface area contributed by atoms with E-state index in [4.69, 9.17) is 0 Å².